The van der Waals surface area contributed by atoms with Crippen LogP contribution in [0.3, 0.4) is 0 Å². The lowest BCUT2D eigenvalue weighted by molar-refractivity contribution is 0.203. The number of amides is 2. The third kappa shape index (κ3) is 5.05. The van der Waals surface area contributed by atoms with E-state index in [1.165, 1.54) is 0 Å². The van der Waals surface area contributed by atoms with Gasteiger partial charge in [0.15, 0.2) is 0 Å². The first-order valence-corrected chi connectivity index (χ1v) is 7.83. The average Bonchev–Trinajstić information content (AvgIpc) is 3.29. The molecule has 21 heavy (non-hydrogen) atoms. The Labute approximate surface area is 126 Å². The Kier molecular flexibility index (Phi) is 5.62. The molecule has 1 fully saturated rings. The Morgan fingerprint density at radius 3 is 2.43 bits per heavy atom. The summed E-state index contributed by atoms with van der Waals surface area (Å²) in [4.78, 5) is 12.2. The van der Waals surface area contributed by atoms with E-state index in [9.17, 15) is 9.90 Å². The zero-order valence-electron chi connectivity index (χ0n) is 12.9. The fourth-order valence-electron chi connectivity index (χ4n) is 2.68. The molecule has 1 saturated carbocycles. The first-order chi connectivity index (χ1) is 10.1. The van der Waals surface area contributed by atoms with Crippen molar-refractivity contribution in [3.8, 4) is 0 Å². The molecule has 2 atom stereocenters. The van der Waals surface area contributed by atoms with E-state index in [0.717, 1.165) is 24.8 Å². The molecule has 0 bridgehead atoms. The van der Waals surface area contributed by atoms with Crippen molar-refractivity contribution >= 4 is 6.03 Å². The summed E-state index contributed by atoms with van der Waals surface area (Å²) in [7, 11) is 0. The third-order valence-electron chi connectivity index (χ3n) is 3.85. The van der Waals surface area contributed by atoms with Gasteiger partial charge in [-0.3, -0.25) is 0 Å². The first-order valence-electron chi connectivity index (χ1n) is 7.83. The second-order valence-electron chi connectivity index (χ2n) is 6.35. The van der Waals surface area contributed by atoms with Gasteiger partial charge < -0.3 is 15.7 Å². The van der Waals surface area contributed by atoms with Crippen molar-refractivity contribution in [2.75, 3.05) is 6.61 Å². The second kappa shape index (κ2) is 7.46. The quantitative estimate of drug-likeness (QED) is 0.723. The normalized spacial score (nSPS) is 17.3. The van der Waals surface area contributed by atoms with Crippen molar-refractivity contribution in [2.24, 2.45) is 11.8 Å². The van der Waals surface area contributed by atoms with Crippen LogP contribution in [0.15, 0.2) is 30.3 Å². The molecule has 3 N–H and O–H groups in total. The number of nitrogens with one attached hydrogen (secondary N) is 2. The summed E-state index contributed by atoms with van der Waals surface area (Å²) < 4.78 is 0. The van der Waals surface area contributed by atoms with Crippen LogP contribution in [0.2, 0.25) is 0 Å². The zero-order chi connectivity index (χ0) is 15.2. The highest BCUT2D eigenvalue weighted by Crippen LogP contribution is 2.40. The summed E-state index contributed by atoms with van der Waals surface area (Å²) in [6.45, 7) is 4.14. The van der Waals surface area contributed by atoms with E-state index >= 15 is 0 Å². The Hall–Kier alpha value is -1.55. The maximum Gasteiger partial charge on any atom is 0.315 e. The molecule has 1 aliphatic carbocycles. The van der Waals surface area contributed by atoms with Crippen molar-refractivity contribution in [2.45, 2.75) is 45.2 Å². The van der Waals surface area contributed by atoms with Gasteiger partial charge in [-0.1, -0.05) is 44.2 Å². The molecular formula is C17H26N2O2. The summed E-state index contributed by atoms with van der Waals surface area (Å²) >= 11 is 0. The van der Waals surface area contributed by atoms with Gasteiger partial charge in [-0.2, -0.15) is 0 Å². The maximum atomic E-state index is 12.2. The highest BCUT2D eigenvalue weighted by molar-refractivity contribution is 5.75. The molecule has 0 saturated heterocycles. The van der Waals surface area contributed by atoms with Crippen LogP contribution in [0.5, 0.6) is 0 Å². The van der Waals surface area contributed by atoms with E-state index in [-0.39, 0.29) is 24.7 Å². The van der Waals surface area contributed by atoms with Crippen LogP contribution in [-0.4, -0.2) is 23.8 Å². The summed E-state index contributed by atoms with van der Waals surface area (Å²) in [6.07, 6.45) is 3.11. The molecule has 2 amide bonds. The lowest BCUT2D eigenvalue weighted by Gasteiger charge is -2.23. The Balaban J connectivity index is 1.93. The molecule has 0 aliphatic heterocycles. The van der Waals surface area contributed by atoms with E-state index < -0.39 is 0 Å². The van der Waals surface area contributed by atoms with Crippen LogP contribution in [0.4, 0.5) is 4.79 Å². The molecule has 1 aromatic rings. The predicted octanol–water partition coefficient (Wildman–Crippen LogP) is 2.84. The zero-order valence-corrected chi connectivity index (χ0v) is 12.9. The number of hydrogen-bond acceptors (Lipinski definition) is 2. The molecule has 4 heteroatoms. The molecule has 0 radical (unpaired) electrons. The van der Waals surface area contributed by atoms with Gasteiger partial charge >= 0.3 is 6.03 Å². The van der Waals surface area contributed by atoms with Gasteiger partial charge in [0, 0.05) is 0 Å². The Morgan fingerprint density at radius 2 is 1.90 bits per heavy atom. The highest BCUT2D eigenvalue weighted by atomic mass is 16.3. The van der Waals surface area contributed by atoms with Gasteiger partial charge in [-0.05, 0) is 36.7 Å². The molecule has 0 spiro atoms. The van der Waals surface area contributed by atoms with Crippen LogP contribution in [-0.2, 0) is 0 Å². The van der Waals surface area contributed by atoms with Crippen molar-refractivity contribution in [3.05, 3.63) is 35.9 Å². The SMILES string of the molecule is CC(C)CC(CO)NC(=O)NC(c1ccccc1)C1CC1. The standard InChI is InChI=1S/C17H26N2O2/c1-12(2)10-15(11-20)18-17(21)19-16(14-8-9-14)13-6-4-3-5-7-13/h3-7,12,14-16,20H,8-11H2,1-2H3,(H2,18,19,21). The second-order valence-corrected chi connectivity index (χ2v) is 6.35. The van der Waals surface area contributed by atoms with E-state index in [0.29, 0.717) is 11.8 Å². The topological polar surface area (TPSA) is 61.4 Å². The van der Waals surface area contributed by atoms with Crippen molar-refractivity contribution in [3.63, 3.8) is 0 Å². The minimum Gasteiger partial charge on any atom is -0.394 e. The van der Waals surface area contributed by atoms with Gasteiger partial charge in [-0.25, -0.2) is 4.79 Å². The summed E-state index contributed by atoms with van der Waals surface area (Å²) in [5.74, 6) is 0.978. The third-order valence-corrected chi connectivity index (χ3v) is 3.85. The molecule has 116 valence electrons. The minimum absolute atomic E-state index is 0.0228. The van der Waals surface area contributed by atoms with Crippen LogP contribution < -0.4 is 10.6 Å². The van der Waals surface area contributed by atoms with Crippen LogP contribution in [0, 0.1) is 11.8 Å². The summed E-state index contributed by atoms with van der Waals surface area (Å²) in [6, 6.07) is 9.81. The largest absolute Gasteiger partial charge is 0.394 e. The van der Waals surface area contributed by atoms with E-state index in [2.05, 4.69) is 36.6 Å². The van der Waals surface area contributed by atoms with E-state index in [1.807, 2.05) is 18.2 Å². The molecular weight excluding hydrogens is 264 g/mol. The number of carbonyl (C=O) groups excluding carboxylic acids is 1. The Bertz CT molecular complexity index is 443. The number of aliphatic hydroxyl groups excluding tert-OH is 1. The summed E-state index contributed by atoms with van der Waals surface area (Å²) in [5, 5.41) is 15.3. The van der Waals surface area contributed by atoms with E-state index in [4.69, 9.17) is 0 Å². The van der Waals surface area contributed by atoms with Crippen molar-refractivity contribution in [1.82, 2.24) is 10.6 Å². The fraction of sp³-hybridized carbons (Fsp3) is 0.588. The van der Waals surface area contributed by atoms with Gasteiger partial charge in [0.05, 0.1) is 18.7 Å². The van der Waals surface area contributed by atoms with Crippen LogP contribution >= 0.6 is 0 Å². The predicted molar refractivity (Wildman–Crippen MR) is 83.9 cm³/mol. The van der Waals surface area contributed by atoms with Gasteiger partial charge in [0.1, 0.15) is 0 Å². The van der Waals surface area contributed by atoms with Crippen LogP contribution in [0.1, 0.15) is 44.7 Å². The lowest BCUT2D eigenvalue weighted by atomic mass is 10.0. The van der Waals surface area contributed by atoms with Gasteiger partial charge in [0.2, 0.25) is 0 Å². The number of hydrogen-bond donors (Lipinski definition) is 3. The smallest absolute Gasteiger partial charge is 0.315 e. The van der Waals surface area contributed by atoms with Gasteiger partial charge in [-0.15, -0.1) is 0 Å². The number of aliphatic hydroxyl groups is 1. The Morgan fingerprint density at radius 1 is 1.24 bits per heavy atom. The highest BCUT2D eigenvalue weighted by Gasteiger charge is 2.33. The lowest BCUT2D eigenvalue weighted by Crippen LogP contribution is -2.45. The minimum atomic E-state index is -0.185. The molecule has 1 aliphatic rings. The first kappa shape index (κ1) is 15.8. The van der Waals surface area contributed by atoms with Crippen LogP contribution in [0.25, 0.3) is 0 Å². The van der Waals surface area contributed by atoms with Gasteiger partial charge in [0.25, 0.3) is 0 Å². The molecule has 2 unspecified atom stereocenters. The molecule has 0 heterocycles. The number of urea groups is 1. The number of benzene rings is 1. The number of carbonyl (C=O) groups is 1. The molecule has 2 rings (SSSR count). The molecule has 4 nitrogen and oxygen atoms in total. The summed E-state index contributed by atoms with van der Waals surface area (Å²) in [5.41, 5.74) is 1.15. The molecule has 1 aromatic carbocycles. The monoisotopic (exact) mass is 290 g/mol. The molecule has 0 aromatic heterocycles. The fourth-order valence-corrected chi connectivity index (χ4v) is 2.68. The van der Waals surface area contributed by atoms with Crippen molar-refractivity contribution < 1.29 is 9.90 Å². The van der Waals surface area contributed by atoms with E-state index in [1.54, 1.807) is 0 Å². The maximum absolute atomic E-state index is 12.2. The average molecular weight is 290 g/mol. The number of rotatable bonds is 7. The van der Waals surface area contributed by atoms with Crippen molar-refractivity contribution in [1.29, 1.82) is 0 Å².